The second kappa shape index (κ2) is 5.72. The Morgan fingerprint density at radius 2 is 2.19 bits per heavy atom. The van der Waals surface area contributed by atoms with Crippen LogP contribution in [0, 0.1) is 0 Å². The zero-order valence-electron chi connectivity index (χ0n) is 11.1. The lowest BCUT2D eigenvalue weighted by Crippen LogP contribution is -2.46. The SMILES string of the molecule is O=C(O)[C@@H]1CSCN1C(=O)NCc1ccc2c(c1)OCO2. The van der Waals surface area contributed by atoms with Crippen molar-refractivity contribution in [2.45, 2.75) is 12.6 Å². The Labute approximate surface area is 125 Å². The fraction of sp³-hybridized carbons (Fsp3) is 0.385. The summed E-state index contributed by atoms with van der Waals surface area (Å²) in [5, 5.41) is 11.8. The van der Waals surface area contributed by atoms with Gasteiger partial charge in [-0.05, 0) is 17.7 Å². The topological polar surface area (TPSA) is 88.1 Å². The van der Waals surface area contributed by atoms with Gasteiger partial charge >= 0.3 is 12.0 Å². The highest BCUT2D eigenvalue weighted by Gasteiger charge is 2.34. The predicted molar refractivity (Wildman–Crippen MR) is 75.4 cm³/mol. The Morgan fingerprint density at radius 1 is 1.38 bits per heavy atom. The third-order valence-corrected chi connectivity index (χ3v) is 4.32. The van der Waals surface area contributed by atoms with E-state index in [0.717, 1.165) is 5.56 Å². The smallest absolute Gasteiger partial charge is 0.327 e. The molecule has 1 atom stereocenters. The number of rotatable bonds is 3. The van der Waals surface area contributed by atoms with Crippen molar-refractivity contribution in [2.75, 3.05) is 18.4 Å². The van der Waals surface area contributed by atoms with Crippen molar-refractivity contribution in [2.24, 2.45) is 0 Å². The van der Waals surface area contributed by atoms with Crippen molar-refractivity contribution < 1.29 is 24.2 Å². The van der Waals surface area contributed by atoms with Gasteiger partial charge in [-0.1, -0.05) is 6.07 Å². The Hall–Kier alpha value is -2.09. The molecule has 7 nitrogen and oxygen atoms in total. The van der Waals surface area contributed by atoms with Gasteiger partial charge in [0.15, 0.2) is 11.5 Å². The van der Waals surface area contributed by atoms with Crippen LogP contribution in [0.3, 0.4) is 0 Å². The average molecular weight is 310 g/mol. The molecule has 2 heterocycles. The molecule has 1 fully saturated rings. The fourth-order valence-electron chi connectivity index (χ4n) is 2.18. The standard InChI is InChI=1S/C13H14N2O5S/c16-12(17)9-5-21-6-15(9)13(18)14-4-8-1-2-10-11(3-8)20-7-19-10/h1-3,9H,4-7H2,(H,14,18)(H,16,17)/t9-/m0/s1. The van der Waals surface area contributed by atoms with Gasteiger partial charge in [0.25, 0.3) is 0 Å². The number of benzene rings is 1. The van der Waals surface area contributed by atoms with E-state index in [-0.39, 0.29) is 12.8 Å². The van der Waals surface area contributed by atoms with Gasteiger partial charge in [0.05, 0.1) is 5.88 Å². The summed E-state index contributed by atoms with van der Waals surface area (Å²) >= 11 is 1.43. The molecule has 0 spiro atoms. The first-order valence-corrected chi connectivity index (χ1v) is 7.54. The fourth-order valence-corrected chi connectivity index (χ4v) is 3.32. The molecule has 0 aliphatic carbocycles. The first-order chi connectivity index (χ1) is 10.1. The first kappa shape index (κ1) is 13.9. The van der Waals surface area contributed by atoms with Gasteiger partial charge in [0, 0.05) is 12.3 Å². The molecule has 8 heteroatoms. The Morgan fingerprint density at radius 3 is 3.00 bits per heavy atom. The number of thioether (sulfide) groups is 1. The monoisotopic (exact) mass is 310 g/mol. The van der Waals surface area contributed by atoms with E-state index >= 15 is 0 Å². The molecule has 112 valence electrons. The molecular weight excluding hydrogens is 296 g/mol. The normalized spacial score (nSPS) is 19.6. The third kappa shape index (κ3) is 2.85. The highest BCUT2D eigenvalue weighted by atomic mass is 32.2. The van der Waals surface area contributed by atoms with Gasteiger partial charge in [-0.15, -0.1) is 11.8 Å². The largest absolute Gasteiger partial charge is 0.480 e. The Kier molecular flexibility index (Phi) is 3.78. The van der Waals surface area contributed by atoms with Crippen molar-refractivity contribution in [3.63, 3.8) is 0 Å². The second-order valence-corrected chi connectivity index (χ2v) is 5.67. The van der Waals surface area contributed by atoms with E-state index in [2.05, 4.69) is 5.32 Å². The maximum atomic E-state index is 12.0. The van der Waals surface area contributed by atoms with Crippen LogP contribution in [0.2, 0.25) is 0 Å². The number of amides is 2. The number of nitrogens with zero attached hydrogens (tertiary/aromatic N) is 1. The average Bonchev–Trinajstić information content (AvgIpc) is 3.12. The number of carboxylic acids is 1. The van der Waals surface area contributed by atoms with Crippen LogP contribution in [-0.4, -0.2) is 46.5 Å². The number of carbonyl (C=O) groups is 2. The van der Waals surface area contributed by atoms with Gasteiger partial charge in [-0.2, -0.15) is 0 Å². The summed E-state index contributed by atoms with van der Waals surface area (Å²) in [4.78, 5) is 24.4. The van der Waals surface area contributed by atoms with Gasteiger partial charge in [0.1, 0.15) is 6.04 Å². The minimum atomic E-state index is -0.974. The van der Waals surface area contributed by atoms with Crippen LogP contribution >= 0.6 is 11.8 Å². The molecule has 0 aromatic heterocycles. The number of fused-ring (bicyclic) bond motifs is 1. The summed E-state index contributed by atoms with van der Waals surface area (Å²) in [5.74, 6) is 1.18. The minimum Gasteiger partial charge on any atom is -0.480 e. The molecule has 2 N–H and O–H groups in total. The molecule has 0 radical (unpaired) electrons. The number of nitrogens with one attached hydrogen (secondary N) is 1. The zero-order valence-corrected chi connectivity index (χ0v) is 11.9. The number of urea groups is 1. The Balaban J connectivity index is 1.60. The summed E-state index contributed by atoms with van der Waals surface area (Å²) < 4.78 is 10.5. The summed E-state index contributed by atoms with van der Waals surface area (Å²) in [6.45, 7) is 0.513. The molecule has 1 aromatic carbocycles. The van der Waals surface area contributed by atoms with E-state index in [1.54, 1.807) is 12.1 Å². The zero-order chi connectivity index (χ0) is 14.8. The summed E-state index contributed by atoms with van der Waals surface area (Å²) in [6.07, 6.45) is 0. The predicted octanol–water partition coefficient (Wildman–Crippen LogP) is 1.08. The van der Waals surface area contributed by atoms with Gasteiger partial charge in [-0.3, -0.25) is 0 Å². The first-order valence-electron chi connectivity index (χ1n) is 6.38. The maximum absolute atomic E-state index is 12.0. The van der Waals surface area contributed by atoms with Gasteiger partial charge < -0.3 is 24.8 Å². The molecule has 21 heavy (non-hydrogen) atoms. The van der Waals surface area contributed by atoms with E-state index in [9.17, 15) is 9.59 Å². The number of carbonyl (C=O) groups excluding carboxylic acids is 1. The Bertz CT molecular complexity index is 580. The van der Waals surface area contributed by atoms with E-state index in [0.29, 0.717) is 29.7 Å². The summed E-state index contributed by atoms with van der Waals surface area (Å²) in [6, 6.07) is 4.30. The van der Waals surface area contributed by atoms with Crippen LogP contribution in [0.15, 0.2) is 18.2 Å². The van der Waals surface area contributed by atoms with Crippen LogP contribution in [0.1, 0.15) is 5.56 Å². The second-order valence-electron chi connectivity index (χ2n) is 4.67. The molecule has 3 rings (SSSR count). The van der Waals surface area contributed by atoms with E-state index in [1.165, 1.54) is 16.7 Å². The maximum Gasteiger partial charge on any atom is 0.327 e. The molecular formula is C13H14N2O5S. The van der Waals surface area contributed by atoms with Crippen molar-refractivity contribution in [1.82, 2.24) is 10.2 Å². The van der Waals surface area contributed by atoms with E-state index in [4.69, 9.17) is 14.6 Å². The van der Waals surface area contributed by atoms with Crippen LogP contribution < -0.4 is 14.8 Å². The number of ether oxygens (including phenoxy) is 2. The van der Waals surface area contributed by atoms with Gasteiger partial charge in [0.2, 0.25) is 6.79 Å². The van der Waals surface area contributed by atoms with E-state index < -0.39 is 12.0 Å². The van der Waals surface area contributed by atoms with E-state index in [1.807, 2.05) is 6.07 Å². The van der Waals surface area contributed by atoms with Crippen molar-refractivity contribution in [3.8, 4) is 11.5 Å². The molecule has 0 bridgehead atoms. The number of hydrogen-bond acceptors (Lipinski definition) is 5. The van der Waals surface area contributed by atoms with Crippen LogP contribution in [-0.2, 0) is 11.3 Å². The number of aliphatic carboxylic acids is 1. The number of carboxylic acid groups (broad SMARTS) is 1. The molecule has 0 saturated carbocycles. The quantitative estimate of drug-likeness (QED) is 0.869. The molecule has 2 aliphatic heterocycles. The highest BCUT2D eigenvalue weighted by Crippen LogP contribution is 2.32. The highest BCUT2D eigenvalue weighted by molar-refractivity contribution is 7.99. The van der Waals surface area contributed by atoms with Crippen LogP contribution in [0.25, 0.3) is 0 Å². The molecule has 2 aliphatic rings. The molecule has 1 saturated heterocycles. The summed E-state index contributed by atoms with van der Waals surface area (Å²) in [7, 11) is 0. The van der Waals surface area contributed by atoms with Crippen LogP contribution in [0.5, 0.6) is 11.5 Å². The van der Waals surface area contributed by atoms with Crippen molar-refractivity contribution >= 4 is 23.8 Å². The lowest BCUT2D eigenvalue weighted by molar-refractivity contribution is -0.140. The number of hydrogen-bond donors (Lipinski definition) is 2. The molecule has 2 amide bonds. The van der Waals surface area contributed by atoms with Crippen molar-refractivity contribution in [3.05, 3.63) is 23.8 Å². The molecule has 1 aromatic rings. The lowest BCUT2D eigenvalue weighted by atomic mass is 10.2. The minimum absolute atomic E-state index is 0.205. The van der Waals surface area contributed by atoms with Crippen molar-refractivity contribution in [1.29, 1.82) is 0 Å². The lowest BCUT2D eigenvalue weighted by Gasteiger charge is -2.20. The van der Waals surface area contributed by atoms with Gasteiger partial charge in [-0.25, -0.2) is 9.59 Å². The summed E-state index contributed by atoms with van der Waals surface area (Å²) in [5.41, 5.74) is 0.867. The van der Waals surface area contributed by atoms with Crippen LogP contribution in [0.4, 0.5) is 4.79 Å². The third-order valence-electron chi connectivity index (χ3n) is 3.31. The molecule has 0 unspecified atom stereocenters.